The third-order valence-electron chi connectivity index (χ3n) is 4.78. The van der Waals surface area contributed by atoms with Crippen LogP contribution in [0.25, 0.3) is 0 Å². The van der Waals surface area contributed by atoms with E-state index >= 15 is 0 Å². The lowest BCUT2D eigenvalue weighted by Gasteiger charge is -2.29. The second-order valence-corrected chi connectivity index (χ2v) is 6.47. The topological polar surface area (TPSA) is 85.1 Å². The van der Waals surface area contributed by atoms with E-state index in [1.54, 1.807) is 42.2 Å². The zero-order chi connectivity index (χ0) is 19.3. The van der Waals surface area contributed by atoms with Crippen molar-refractivity contribution in [1.29, 1.82) is 0 Å². The minimum Gasteiger partial charge on any atom is -0.497 e. The molecule has 1 fully saturated rings. The van der Waals surface area contributed by atoms with Gasteiger partial charge in [0, 0.05) is 31.7 Å². The van der Waals surface area contributed by atoms with Crippen molar-refractivity contribution in [2.45, 2.75) is 38.8 Å². The Morgan fingerprint density at radius 1 is 1.15 bits per heavy atom. The molecule has 1 aromatic carbocycles. The lowest BCUT2D eigenvalue weighted by Crippen LogP contribution is -2.48. The van der Waals surface area contributed by atoms with Crippen LogP contribution in [0.15, 0.2) is 18.2 Å². The molecule has 1 saturated heterocycles. The fraction of sp³-hybridized carbons (Fsp3) is 0.579. The van der Waals surface area contributed by atoms with Gasteiger partial charge in [0.1, 0.15) is 17.5 Å². The van der Waals surface area contributed by atoms with Crippen LogP contribution >= 0.6 is 0 Å². The molecule has 144 valence electrons. The van der Waals surface area contributed by atoms with Crippen LogP contribution in [0.3, 0.4) is 0 Å². The fourth-order valence-electron chi connectivity index (χ4n) is 3.37. The molecule has 0 aromatic heterocycles. The van der Waals surface area contributed by atoms with Crippen LogP contribution in [0.5, 0.6) is 11.5 Å². The van der Waals surface area contributed by atoms with Gasteiger partial charge in [-0.05, 0) is 38.0 Å². The van der Waals surface area contributed by atoms with E-state index in [1.165, 1.54) is 0 Å². The normalized spacial score (nSPS) is 19.3. The molecule has 26 heavy (non-hydrogen) atoms. The molecular weight excluding hydrogens is 334 g/mol. The average Bonchev–Trinajstić information content (AvgIpc) is 3.04. The highest BCUT2D eigenvalue weighted by Crippen LogP contribution is 2.25. The predicted octanol–water partition coefficient (Wildman–Crippen LogP) is 1.04. The van der Waals surface area contributed by atoms with E-state index in [4.69, 9.17) is 15.2 Å². The van der Waals surface area contributed by atoms with Gasteiger partial charge in [-0.1, -0.05) is 0 Å². The zero-order valence-corrected chi connectivity index (χ0v) is 16.0. The molecule has 1 aromatic rings. The zero-order valence-electron chi connectivity index (χ0n) is 16.0. The molecule has 0 aliphatic carbocycles. The van der Waals surface area contributed by atoms with E-state index in [9.17, 15) is 9.59 Å². The number of hydrogen-bond donors (Lipinski definition) is 1. The van der Waals surface area contributed by atoms with E-state index in [0.717, 1.165) is 5.56 Å². The highest BCUT2D eigenvalue weighted by molar-refractivity contribution is 5.89. The summed E-state index contributed by atoms with van der Waals surface area (Å²) in [5.41, 5.74) is 6.83. The first-order chi connectivity index (χ1) is 12.4. The summed E-state index contributed by atoms with van der Waals surface area (Å²) in [7, 11) is 3.14. The van der Waals surface area contributed by atoms with Crippen molar-refractivity contribution in [3.63, 3.8) is 0 Å². The summed E-state index contributed by atoms with van der Waals surface area (Å²) >= 11 is 0. The average molecular weight is 363 g/mol. The summed E-state index contributed by atoms with van der Waals surface area (Å²) in [6.07, 6.45) is 0.671. The molecule has 1 aliphatic rings. The first-order valence-electron chi connectivity index (χ1n) is 8.99. The van der Waals surface area contributed by atoms with Gasteiger partial charge >= 0.3 is 0 Å². The Bertz CT molecular complexity index is 623. The number of likely N-dealkylation sites (tertiary alicyclic amines) is 1. The molecular formula is C19H29N3O4. The molecule has 2 amide bonds. The third-order valence-corrected chi connectivity index (χ3v) is 4.78. The number of benzene rings is 1. The van der Waals surface area contributed by atoms with Crippen molar-refractivity contribution in [2.24, 2.45) is 5.73 Å². The predicted molar refractivity (Wildman–Crippen MR) is 99.3 cm³/mol. The lowest BCUT2D eigenvalue weighted by atomic mass is 10.1. The molecule has 7 nitrogen and oxygen atoms in total. The molecule has 2 N–H and O–H groups in total. The van der Waals surface area contributed by atoms with E-state index in [-0.39, 0.29) is 24.3 Å². The first kappa shape index (κ1) is 20.0. The Hall–Kier alpha value is -2.28. The van der Waals surface area contributed by atoms with Crippen LogP contribution in [0.4, 0.5) is 0 Å². The van der Waals surface area contributed by atoms with Crippen LogP contribution in [0, 0.1) is 0 Å². The number of rotatable bonds is 7. The maximum atomic E-state index is 12.9. The van der Waals surface area contributed by atoms with Crippen LogP contribution in [-0.2, 0) is 16.0 Å². The van der Waals surface area contributed by atoms with E-state index in [0.29, 0.717) is 37.6 Å². The van der Waals surface area contributed by atoms with Gasteiger partial charge in [-0.3, -0.25) is 9.59 Å². The molecule has 0 bridgehead atoms. The monoisotopic (exact) mass is 363 g/mol. The van der Waals surface area contributed by atoms with Gasteiger partial charge in [0.15, 0.2) is 0 Å². The first-order valence-corrected chi connectivity index (χ1v) is 8.99. The third kappa shape index (κ3) is 4.46. The Balaban J connectivity index is 2.18. The molecule has 0 radical (unpaired) electrons. The van der Waals surface area contributed by atoms with E-state index in [2.05, 4.69) is 0 Å². The molecule has 2 rings (SSSR count). The Labute approximate surface area is 155 Å². The lowest BCUT2D eigenvalue weighted by molar-refractivity contribution is -0.143. The van der Waals surface area contributed by atoms with Crippen LogP contribution in [0.2, 0.25) is 0 Å². The fourth-order valence-corrected chi connectivity index (χ4v) is 3.37. The number of nitrogens with zero attached hydrogens (tertiary/aromatic N) is 2. The van der Waals surface area contributed by atoms with Crippen molar-refractivity contribution in [3.05, 3.63) is 23.8 Å². The maximum Gasteiger partial charge on any atom is 0.245 e. The van der Waals surface area contributed by atoms with Crippen LogP contribution in [0.1, 0.15) is 25.8 Å². The molecule has 2 atom stereocenters. The van der Waals surface area contributed by atoms with Crippen molar-refractivity contribution < 1.29 is 19.1 Å². The minimum absolute atomic E-state index is 0.0282. The molecule has 0 unspecified atom stereocenters. The highest BCUT2D eigenvalue weighted by Gasteiger charge is 2.39. The minimum atomic E-state index is -0.482. The maximum absolute atomic E-state index is 12.9. The van der Waals surface area contributed by atoms with Crippen LogP contribution < -0.4 is 15.2 Å². The van der Waals surface area contributed by atoms with Crippen molar-refractivity contribution >= 4 is 11.8 Å². The summed E-state index contributed by atoms with van der Waals surface area (Å²) in [5, 5.41) is 0. The number of methoxy groups -OCH3 is 2. The number of likely N-dealkylation sites (N-methyl/N-ethyl adjacent to an activating group) is 1. The highest BCUT2D eigenvalue weighted by atomic mass is 16.5. The number of carbonyl (C=O) groups excluding carboxylic acids is 2. The van der Waals surface area contributed by atoms with Gasteiger partial charge in [0.05, 0.1) is 20.6 Å². The number of nitrogens with two attached hydrogens (primary N) is 1. The molecule has 1 aliphatic heterocycles. The van der Waals surface area contributed by atoms with Crippen molar-refractivity contribution in [2.75, 3.05) is 33.9 Å². The van der Waals surface area contributed by atoms with Gasteiger partial charge in [0.2, 0.25) is 11.8 Å². The molecule has 0 saturated carbocycles. The van der Waals surface area contributed by atoms with E-state index in [1.807, 2.05) is 13.8 Å². The second kappa shape index (κ2) is 8.89. The van der Waals surface area contributed by atoms with Gasteiger partial charge in [0.25, 0.3) is 0 Å². The summed E-state index contributed by atoms with van der Waals surface area (Å²) in [6.45, 7) is 5.51. The van der Waals surface area contributed by atoms with Gasteiger partial charge in [-0.15, -0.1) is 0 Å². The summed E-state index contributed by atoms with van der Waals surface area (Å²) in [6, 6.07) is 4.70. The quantitative estimate of drug-likeness (QED) is 0.782. The van der Waals surface area contributed by atoms with Gasteiger partial charge in [-0.25, -0.2) is 0 Å². The second-order valence-electron chi connectivity index (χ2n) is 6.47. The Morgan fingerprint density at radius 3 is 2.23 bits per heavy atom. The van der Waals surface area contributed by atoms with E-state index < -0.39 is 6.04 Å². The number of amides is 2. The Kier molecular flexibility index (Phi) is 6.85. The molecule has 7 heteroatoms. The molecule has 1 heterocycles. The Morgan fingerprint density at radius 2 is 1.73 bits per heavy atom. The summed E-state index contributed by atoms with van der Waals surface area (Å²) in [5.74, 6) is 1.11. The number of ether oxygens (including phenoxy) is 2. The number of carbonyl (C=O) groups is 2. The smallest absolute Gasteiger partial charge is 0.245 e. The summed E-state index contributed by atoms with van der Waals surface area (Å²) in [4.78, 5) is 29.0. The summed E-state index contributed by atoms with van der Waals surface area (Å²) < 4.78 is 10.5. The molecule has 0 spiro atoms. The van der Waals surface area contributed by atoms with Crippen molar-refractivity contribution in [3.8, 4) is 11.5 Å². The van der Waals surface area contributed by atoms with Gasteiger partial charge < -0.3 is 25.0 Å². The van der Waals surface area contributed by atoms with Gasteiger partial charge in [-0.2, -0.15) is 0 Å². The number of hydrogen-bond acceptors (Lipinski definition) is 5. The van der Waals surface area contributed by atoms with Crippen molar-refractivity contribution in [1.82, 2.24) is 9.80 Å². The van der Waals surface area contributed by atoms with Crippen LogP contribution in [-0.4, -0.2) is 67.6 Å². The largest absolute Gasteiger partial charge is 0.497 e. The standard InChI is InChI=1S/C19H29N3O4/c1-5-21(6-2)19(24)17-10-14(20)12-22(17)18(23)9-13-7-15(25-3)11-16(8-13)26-4/h7-8,11,14,17H,5-6,9-10,12,20H2,1-4H3/t14-,17+/m1/s1. The SMILES string of the molecule is CCN(CC)C(=O)[C@@H]1C[C@@H](N)CN1C(=O)Cc1cc(OC)cc(OC)c1.